The third-order valence-electron chi connectivity index (χ3n) is 2.27. The number of carbonyl (C=O) groups excluding carboxylic acids is 2. The van der Waals surface area contributed by atoms with E-state index in [1.54, 1.807) is 11.9 Å². The summed E-state index contributed by atoms with van der Waals surface area (Å²) >= 11 is 2.14. The summed E-state index contributed by atoms with van der Waals surface area (Å²) in [6, 6.07) is -0.547. The fourth-order valence-corrected chi connectivity index (χ4v) is 1.37. The molecule has 0 aliphatic rings. The second kappa shape index (κ2) is 6.93. The fraction of sp³-hybridized carbons (Fsp3) is 0.800. The van der Waals surface area contributed by atoms with Crippen LogP contribution in [0, 0.1) is 5.92 Å². The van der Waals surface area contributed by atoms with Crippen LogP contribution in [0.25, 0.3) is 0 Å². The van der Waals surface area contributed by atoms with Crippen LogP contribution < -0.4 is 5.32 Å². The molecule has 1 N–H and O–H groups in total. The van der Waals surface area contributed by atoms with Crippen LogP contribution >= 0.6 is 22.6 Å². The zero-order chi connectivity index (χ0) is 12.9. The van der Waals surface area contributed by atoms with Gasteiger partial charge in [0.25, 0.3) is 0 Å². The number of hydrogen-bond donors (Lipinski definition) is 1. The predicted molar refractivity (Wildman–Crippen MR) is 70.4 cm³/mol. The Hall–Kier alpha value is -0.530. The lowest BCUT2D eigenvalue weighted by Gasteiger charge is -2.28. The molecule has 5 nitrogen and oxygen atoms in total. The van der Waals surface area contributed by atoms with Crippen LogP contribution in [0.3, 0.4) is 0 Å². The average molecular weight is 342 g/mol. The van der Waals surface area contributed by atoms with E-state index in [1.807, 2.05) is 20.8 Å². The van der Waals surface area contributed by atoms with Crippen molar-refractivity contribution in [3.63, 3.8) is 0 Å². The largest absolute Gasteiger partial charge is 0.453 e. The summed E-state index contributed by atoms with van der Waals surface area (Å²) in [5, 5.41) is 2.55. The highest BCUT2D eigenvalue weighted by atomic mass is 127. The molecule has 0 fully saturated rings. The molecule has 0 saturated carbocycles. The smallest absolute Gasteiger partial charge is 0.407 e. The highest BCUT2D eigenvalue weighted by molar-refractivity contribution is 14.1. The van der Waals surface area contributed by atoms with Crippen molar-refractivity contribution < 1.29 is 14.3 Å². The Bertz CT molecular complexity index is 256. The van der Waals surface area contributed by atoms with Crippen molar-refractivity contribution in [3.05, 3.63) is 0 Å². The van der Waals surface area contributed by atoms with Gasteiger partial charge in [0.2, 0.25) is 5.91 Å². The number of methoxy groups -OCH3 is 1. The Balaban J connectivity index is 4.66. The summed E-state index contributed by atoms with van der Waals surface area (Å²) in [6.45, 7) is 5.67. The normalized spacial score (nSPS) is 14.2. The molecule has 0 bridgehead atoms. The van der Waals surface area contributed by atoms with E-state index >= 15 is 0 Å². The van der Waals surface area contributed by atoms with Crippen LogP contribution in [0.4, 0.5) is 4.79 Å². The molecule has 2 atom stereocenters. The summed E-state index contributed by atoms with van der Waals surface area (Å²) in [5.74, 6) is -0.0912. The lowest BCUT2D eigenvalue weighted by Crippen LogP contribution is -2.51. The SMILES string of the molecule is COC(=O)N[C@H](C(=O)N(C)[C@@H](C)I)C(C)C. The van der Waals surface area contributed by atoms with Gasteiger partial charge in [0.15, 0.2) is 0 Å². The second-order valence-corrected chi connectivity index (χ2v) is 5.68. The quantitative estimate of drug-likeness (QED) is 0.480. The number of halogens is 1. The minimum Gasteiger partial charge on any atom is -0.453 e. The van der Waals surface area contributed by atoms with Gasteiger partial charge in [-0.15, -0.1) is 0 Å². The van der Waals surface area contributed by atoms with Crippen molar-refractivity contribution >= 4 is 34.6 Å². The number of nitrogens with one attached hydrogen (secondary N) is 1. The number of alkyl halides is 1. The highest BCUT2D eigenvalue weighted by Gasteiger charge is 2.28. The fourth-order valence-electron chi connectivity index (χ4n) is 1.09. The Morgan fingerprint density at radius 3 is 2.12 bits per heavy atom. The van der Waals surface area contributed by atoms with Gasteiger partial charge in [-0.25, -0.2) is 4.79 Å². The molecule has 6 heteroatoms. The van der Waals surface area contributed by atoms with Gasteiger partial charge in [-0.05, 0) is 12.8 Å². The first-order chi connectivity index (χ1) is 7.31. The summed E-state index contributed by atoms with van der Waals surface area (Å²) < 4.78 is 4.57. The number of ether oxygens (including phenoxy) is 1. The van der Waals surface area contributed by atoms with Crippen molar-refractivity contribution in [3.8, 4) is 0 Å². The molecule has 0 aliphatic heterocycles. The first-order valence-corrected chi connectivity index (χ1v) is 6.31. The van der Waals surface area contributed by atoms with Crippen molar-refractivity contribution in [1.29, 1.82) is 0 Å². The Morgan fingerprint density at radius 1 is 1.31 bits per heavy atom. The molecule has 0 aromatic rings. The van der Waals surface area contributed by atoms with Gasteiger partial charge in [0.05, 0.1) is 11.2 Å². The molecule has 0 radical (unpaired) electrons. The monoisotopic (exact) mass is 342 g/mol. The molecule has 0 aromatic carbocycles. The number of nitrogens with zero attached hydrogens (tertiary/aromatic N) is 1. The van der Waals surface area contributed by atoms with Crippen molar-refractivity contribution in [1.82, 2.24) is 10.2 Å². The van der Waals surface area contributed by atoms with E-state index in [2.05, 4.69) is 32.6 Å². The lowest BCUT2D eigenvalue weighted by atomic mass is 10.0. The molecular formula is C10H19IN2O3. The molecule has 0 heterocycles. The van der Waals surface area contributed by atoms with Gasteiger partial charge in [-0.1, -0.05) is 36.4 Å². The van der Waals surface area contributed by atoms with E-state index in [0.29, 0.717) is 0 Å². The van der Waals surface area contributed by atoms with Crippen molar-refractivity contribution in [2.24, 2.45) is 5.92 Å². The number of likely N-dealkylation sites (N-methyl/N-ethyl adjacent to an activating group) is 1. The topological polar surface area (TPSA) is 58.6 Å². The maximum atomic E-state index is 12.0. The number of rotatable bonds is 4. The summed E-state index contributed by atoms with van der Waals surface area (Å²) in [6.07, 6.45) is -0.582. The number of amides is 2. The van der Waals surface area contributed by atoms with E-state index in [4.69, 9.17) is 0 Å². The van der Waals surface area contributed by atoms with Gasteiger partial charge in [-0.3, -0.25) is 4.79 Å². The third kappa shape index (κ3) is 4.54. The van der Waals surface area contributed by atoms with Gasteiger partial charge in [0.1, 0.15) is 6.04 Å². The van der Waals surface area contributed by atoms with Crippen LogP contribution in [-0.2, 0) is 9.53 Å². The van der Waals surface area contributed by atoms with E-state index in [-0.39, 0.29) is 15.9 Å². The first kappa shape index (κ1) is 15.5. The van der Waals surface area contributed by atoms with Crippen molar-refractivity contribution in [2.45, 2.75) is 30.9 Å². The lowest BCUT2D eigenvalue weighted by molar-refractivity contribution is -0.133. The molecule has 0 rings (SSSR count). The minimum absolute atomic E-state index is 0.0178. The number of carbonyl (C=O) groups is 2. The first-order valence-electron chi connectivity index (χ1n) is 5.06. The molecule has 94 valence electrons. The molecular weight excluding hydrogens is 323 g/mol. The minimum atomic E-state index is -0.582. The molecule has 0 aromatic heterocycles. The highest BCUT2D eigenvalue weighted by Crippen LogP contribution is 2.11. The molecule has 0 aliphatic carbocycles. The standard InChI is InChI=1S/C10H19IN2O3/c1-6(2)8(12-10(15)16-5)9(14)13(4)7(3)11/h6-8H,1-5H3,(H,12,15)/t7-,8-/m0/s1. The van der Waals surface area contributed by atoms with E-state index in [0.717, 1.165) is 0 Å². The zero-order valence-electron chi connectivity index (χ0n) is 10.3. The third-order valence-corrected chi connectivity index (χ3v) is 3.11. The van der Waals surface area contributed by atoms with Crippen LogP contribution in [0.15, 0.2) is 0 Å². The van der Waals surface area contributed by atoms with Crippen molar-refractivity contribution in [2.75, 3.05) is 14.2 Å². The van der Waals surface area contributed by atoms with Gasteiger partial charge in [0, 0.05) is 7.05 Å². The molecule has 0 saturated heterocycles. The van der Waals surface area contributed by atoms with E-state index < -0.39 is 12.1 Å². The van der Waals surface area contributed by atoms with Gasteiger partial charge in [-0.2, -0.15) is 0 Å². The van der Waals surface area contributed by atoms with Gasteiger partial charge >= 0.3 is 6.09 Å². The average Bonchev–Trinajstić information content (AvgIpc) is 2.22. The van der Waals surface area contributed by atoms with Gasteiger partial charge < -0.3 is 15.0 Å². The summed E-state index contributed by atoms with van der Waals surface area (Å²) in [4.78, 5) is 24.7. The van der Waals surface area contributed by atoms with E-state index in [1.165, 1.54) is 7.11 Å². The predicted octanol–water partition coefficient (Wildman–Crippen LogP) is 1.61. The molecule has 16 heavy (non-hydrogen) atoms. The van der Waals surface area contributed by atoms with Crippen LogP contribution in [0.2, 0.25) is 0 Å². The summed E-state index contributed by atoms with van der Waals surface area (Å²) in [5.41, 5.74) is 0. The maximum Gasteiger partial charge on any atom is 0.407 e. The molecule has 0 spiro atoms. The number of hydrogen-bond acceptors (Lipinski definition) is 3. The Morgan fingerprint density at radius 2 is 1.81 bits per heavy atom. The second-order valence-electron chi connectivity index (χ2n) is 3.88. The Labute approximate surface area is 110 Å². The Kier molecular flexibility index (Phi) is 6.70. The zero-order valence-corrected chi connectivity index (χ0v) is 12.4. The van der Waals surface area contributed by atoms with Crippen LogP contribution in [0.1, 0.15) is 20.8 Å². The summed E-state index contributed by atoms with van der Waals surface area (Å²) in [7, 11) is 3.00. The van der Waals surface area contributed by atoms with Crippen LogP contribution in [-0.4, -0.2) is 41.1 Å². The number of alkyl carbamates (subject to hydrolysis) is 1. The molecule has 0 unspecified atom stereocenters. The molecule has 2 amide bonds. The van der Waals surface area contributed by atoms with E-state index in [9.17, 15) is 9.59 Å². The van der Waals surface area contributed by atoms with Crippen LogP contribution in [0.5, 0.6) is 0 Å². The maximum absolute atomic E-state index is 12.0.